The lowest BCUT2D eigenvalue weighted by Gasteiger charge is -2.36. The summed E-state index contributed by atoms with van der Waals surface area (Å²) in [5.41, 5.74) is 0.436. The van der Waals surface area contributed by atoms with Gasteiger partial charge in [0.25, 0.3) is 5.91 Å². The van der Waals surface area contributed by atoms with Gasteiger partial charge in [0.2, 0.25) is 0 Å². The molecule has 2 aromatic rings. The minimum Gasteiger partial charge on any atom is -0.346 e. The number of aromatic nitrogens is 4. The van der Waals surface area contributed by atoms with Crippen LogP contribution in [0.25, 0.3) is 5.82 Å². The minimum atomic E-state index is -0.0984. The van der Waals surface area contributed by atoms with Crippen molar-refractivity contribution in [3.63, 3.8) is 0 Å². The number of nitrogens with zero attached hydrogens (tertiary/aromatic N) is 5. The van der Waals surface area contributed by atoms with Crippen LogP contribution < -0.4 is 5.32 Å². The van der Waals surface area contributed by atoms with Gasteiger partial charge in [-0.1, -0.05) is 6.07 Å². The van der Waals surface area contributed by atoms with E-state index in [0.717, 1.165) is 12.8 Å². The lowest BCUT2D eigenvalue weighted by Crippen LogP contribution is -2.52. The van der Waals surface area contributed by atoms with E-state index in [1.165, 1.54) is 25.9 Å². The summed E-state index contributed by atoms with van der Waals surface area (Å²) >= 11 is 0. The summed E-state index contributed by atoms with van der Waals surface area (Å²) in [6.07, 6.45) is 7.76. The maximum atomic E-state index is 12.6. The first-order chi connectivity index (χ1) is 11.3. The molecule has 2 aromatic heterocycles. The number of carbonyl (C=O) groups is 1. The van der Waals surface area contributed by atoms with E-state index in [1.807, 2.05) is 12.1 Å². The van der Waals surface area contributed by atoms with Crippen LogP contribution in [0.5, 0.6) is 0 Å². The third kappa shape index (κ3) is 2.84. The molecule has 0 aliphatic carbocycles. The standard InChI is InChI=1S/C16H20N6O/c23-16(20-12-5-2-8-21-9-3-6-14(12)21)13-4-1-7-15(19-13)22-10-17-18-11-22/h1,4,7,10-12,14H,2-3,5-6,8-9H2,(H,20,23)/t12-,14-/m0/s1. The lowest BCUT2D eigenvalue weighted by molar-refractivity contribution is 0.0863. The van der Waals surface area contributed by atoms with Crippen molar-refractivity contribution in [3.8, 4) is 5.82 Å². The van der Waals surface area contributed by atoms with Crippen LogP contribution in [0.4, 0.5) is 0 Å². The van der Waals surface area contributed by atoms with Crippen molar-refractivity contribution in [1.29, 1.82) is 0 Å². The fourth-order valence-electron chi connectivity index (χ4n) is 3.72. The zero-order chi connectivity index (χ0) is 15.6. The number of hydrogen-bond donors (Lipinski definition) is 1. The summed E-state index contributed by atoms with van der Waals surface area (Å²) in [5, 5.41) is 10.7. The van der Waals surface area contributed by atoms with Gasteiger partial charge in [-0.15, -0.1) is 10.2 Å². The number of rotatable bonds is 3. The number of hydrogen-bond acceptors (Lipinski definition) is 5. The van der Waals surface area contributed by atoms with Crippen molar-refractivity contribution in [2.75, 3.05) is 13.1 Å². The summed E-state index contributed by atoms with van der Waals surface area (Å²) < 4.78 is 1.69. The smallest absolute Gasteiger partial charge is 0.270 e. The molecule has 2 fully saturated rings. The first-order valence-corrected chi connectivity index (χ1v) is 8.18. The molecule has 1 N–H and O–H groups in total. The third-order valence-electron chi connectivity index (χ3n) is 4.81. The number of piperidine rings is 1. The maximum Gasteiger partial charge on any atom is 0.270 e. The first-order valence-electron chi connectivity index (χ1n) is 8.18. The second-order valence-electron chi connectivity index (χ2n) is 6.22. The Morgan fingerprint density at radius 1 is 1.13 bits per heavy atom. The predicted octanol–water partition coefficient (Wildman–Crippen LogP) is 1.02. The molecule has 0 radical (unpaired) electrons. The number of nitrogens with one attached hydrogen (secondary N) is 1. The molecular weight excluding hydrogens is 292 g/mol. The number of fused-ring (bicyclic) bond motifs is 1. The molecular formula is C16H20N6O. The predicted molar refractivity (Wildman–Crippen MR) is 84.2 cm³/mol. The molecule has 7 nitrogen and oxygen atoms in total. The summed E-state index contributed by atoms with van der Waals surface area (Å²) in [6, 6.07) is 6.14. The van der Waals surface area contributed by atoms with Gasteiger partial charge >= 0.3 is 0 Å². The Kier molecular flexibility index (Phi) is 3.78. The van der Waals surface area contributed by atoms with Gasteiger partial charge in [-0.05, 0) is 50.9 Å². The Bertz CT molecular complexity index is 686. The monoisotopic (exact) mass is 312 g/mol. The first kappa shape index (κ1) is 14.3. The number of amides is 1. The highest BCUT2D eigenvalue weighted by atomic mass is 16.2. The van der Waals surface area contributed by atoms with Crippen LogP contribution in [-0.4, -0.2) is 55.7 Å². The van der Waals surface area contributed by atoms with Gasteiger partial charge in [-0.3, -0.25) is 14.3 Å². The Balaban J connectivity index is 1.50. The molecule has 1 amide bonds. The highest BCUT2D eigenvalue weighted by molar-refractivity contribution is 5.92. The Labute approximate surface area is 134 Å². The molecule has 0 spiro atoms. The van der Waals surface area contributed by atoms with Gasteiger partial charge in [0.1, 0.15) is 24.2 Å². The topological polar surface area (TPSA) is 75.9 Å². The summed E-state index contributed by atoms with van der Waals surface area (Å²) in [4.78, 5) is 19.5. The molecule has 2 aliphatic heterocycles. The number of pyridine rings is 1. The molecule has 2 atom stereocenters. The van der Waals surface area contributed by atoms with Gasteiger partial charge in [0, 0.05) is 12.1 Å². The van der Waals surface area contributed by atoms with Crippen molar-refractivity contribution in [2.45, 2.75) is 37.8 Å². The second kappa shape index (κ2) is 6.08. The normalized spacial score (nSPS) is 24.3. The van der Waals surface area contributed by atoms with Crippen molar-refractivity contribution in [2.24, 2.45) is 0 Å². The van der Waals surface area contributed by atoms with Crippen LogP contribution in [0.2, 0.25) is 0 Å². The molecule has 0 saturated carbocycles. The minimum absolute atomic E-state index is 0.0984. The molecule has 4 heterocycles. The van der Waals surface area contributed by atoms with Crippen LogP contribution in [0, 0.1) is 0 Å². The van der Waals surface area contributed by atoms with Gasteiger partial charge in [-0.2, -0.15) is 0 Å². The molecule has 2 saturated heterocycles. The van der Waals surface area contributed by atoms with Crippen molar-refractivity contribution in [1.82, 2.24) is 30.0 Å². The van der Waals surface area contributed by atoms with E-state index in [2.05, 4.69) is 25.4 Å². The molecule has 0 aromatic carbocycles. The Morgan fingerprint density at radius 3 is 2.74 bits per heavy atom. The average molecular weight is 312 g/mol. The van der Waals surface area contributed by atoms with Crippen molar-refractivity contribution < 1.29 is 4.79 Å². The molecule has 7 heteroatoms. The van der Waals surface area contributed by atoms with Gasteiger partial charge in [-0.25, -0.2) is 4.98 Å². The SMILES string of the molecule is O=C(N[C@H]1CCCN2CCC[C@@H]12)c1cccc(-n2cnnc2)n1. The van der Waals surface area contributed by atoms with E-state index in [9.17, 15) is 4.79 Å². The van der Waals surface area contributed by atoms with Gasteiger partial charge in [0.05, 0.1) is 0 Å². The molecule has 0 bridgehead atoms. The molecule has 120 valence electrons. The summed E-state index contributed by atoms with van der Waals surface area (Å²) in [7, 11) is 0. The van der Waals surface area contributed by atoms with Crippen LogP contribution >= 0.6 is 0 Å². The largest absolute Gasteiger partial charge is 0.346 e. The van der Waals surface area contributed by atoms with E-state index in [1.54, 1.807) is 23.3 Å². The maximum absolute atomic E-state index is 12.6. The molecule has 0 unspecified atom stereocenters. The fraction of sp³-hybridized carbons (Fsp3) is 0.500. The number of carbonyl (C=O) groups excluding carboxylic acids is 1. The lowest BCUT2D eigenvalue weighted by atomic mass is 9.96. The highest BCUT2D eigenvalue weighted by Crippen LogP contribution is 2.27. The van der Waals surface area contributed by atoms with Crippen molar-refractivity contribution >= 4 is 5.91 Å². The zero-order valence-electron chi connectivity index (χ0n) is 12.9. The average Bonchev–Trinajstić information content (AvgIpc) is 3.27. The Hall–Kier alpha value is -2.28. The van der Waals surface area contributed by atoms with Gasteiger partial charge < -0.3 is 5.32 Å². The Morgan fingerprint density at radius 2 is 1.91 bits per heavy atom. The summed E-state index contributed by atoms with van der Waals surface area (Å²) in [5.74, 6) is 0.549. The van der Waals surface area contributed by atoms with Crippen LogP contribution in [0.1, 0.15) is 36.2 Å². The van der Waals surface area contributed by atoms with Crippen LogP contribution in [0.3, 0.4) is 0 Å². The third-order valence-corrected chi connectivity index (χ3v) is 4.81. The van der Waals surface area contributed by atoms with E-state index < -0.39 is 0 Å². The summed E-state index contributed by atoms with van der Waals surface area (Å²) in [6.45, 7) is 2.33. The van der Waals surface area contributed by atoms with Crippen molar-refractivity contribution in [3.05, 3.63) is 36.5 Å². The second-order valence-corrected chi connectivity index (χ2v) is 6.22. The zero-order valence-corrected chi connectivity index (χ0v) is 12.9. The van der Waals surface area contributed by atoms with E-state index in [0.29, 0.717) is 17.6 Å². The van der Waals surface area contributed by atoms with Crippen LogP contribution in [0.15, 0.2) is 30.9 Å². The fourth-order valence-corrected chi connectivity index (χ4v) is 3.72. The van der Waals surface area contributed by atoms with Gasteiger partial charge in [0.15, 0.2) is 0 Å². The molecule has 2 aliphatic rings. The van der Waals surface area contributed by atoms with E-state index >= 15 is 0 Å². The van der Waals surface area contributed by atoms with E-state index in [-0.39, 0.29) is 11.9 Å². The quantitative estimate of drug-likeness (QED) is 0.916. The molecule has 23 heavy (non-hydrogen) atoms. The van der Waals surface area contributed by atoms with Crippen LogP contribution in [-0.2, 0) is 0 Å². The highest BCUT2D eigenvalue weighted by Gasteiger charge is 2.35. The molecule has 4 rings (SSSR count). The van der Waals surface area contributed by atoms with E-state index in [4.69, 9.17) is 0 Å².